The molecule has 0 saturated heterocycles. The molecule has 0 spiro atoms. The highest BCUT2D eigenvalue weighted by Crippen LogP contribution is 2.32. The van der Waals surface area contributed by atoms with E-state index >= 15 is 0 Å². The molecule has 40 heavy (non-hydrogen) atoms. The molecular weight excluding hydrogens is 542 g/mol. The maximum atomic E-state index is 14.0. The van der Waals surface area contributed by atoms with Crippen LogP contribution in [0.25, 0.3) is 17.0 Å². The fraction of sp³-hybridized carbons (Fsp3) is 0.156. The Labute approximate surface area is 239 Å². The number of para-hydroxylation sites is 1. The second kappa shape index (κ2) is 10.8. The van der Waals surface area contributed by atoms with E-state index in [0.717, 1.165) is 27.6 Å². The normalized spacial score (nSPS) is 15.3. The first-order chi connectivity index (χ1) is 19.5. The summed E-state index contributed by atoms with van der Waals surface area (Å²) in [6.07, 6.45) is 4.54. The number of carbonyl (C=O) groups is 1. The molecule has 0 bridgehead atoms. The lowest BCUT2D eigenvalue weighted by molar-refractivity contribution is -0.136. The Morgan fingerprint density at radius 3 is 2.50 bits per heavy atom. The van der Waals surface area contributed by atoms with Gasteiger partial charge in [-0.05, 0) is 41.8 Å². The molecule has 5 aromatic rings. The number of allylic oxidation sites excluding steroid dienone is 1. The third-order valence-corrected chi connectivity index (χ3v) is 8.37. The van der Waals surface area contributed by atoms with Gasteiger partial charge in [0.1, 0.15) is 0 Å². The number of benzene rings is 3. The van der Waals surface area contributed by atoms with Gasteiger partial charge in [0.2, 0.25) is 0 Å². The maximum Gasteiger partial charge on any atom is 0.338 e. The molecule has 1 aliphatic rings. The molecule has 0 saturated carbocycles. The first-order valence-electron chi connectivity index (χ1n) is 13.0. The Hall–Kier alpha value is -4.20. The Balaban J connectivity index is 1.53. The van der Waals surface area contributed by atoms with Crippen LogP contribution in [0.4, 0.5) is 0 Å². The minimum Gasteiger partial charge on any atom is -0.466 e. The van der Waals surface area contributed by atoms with Crippen LogP contribution in [0.1, 0.15) is 36.1 Å². The average Bonchev–Trinajstić information content (AvgIpc) is 3.49. The number of methoxy groups -OCH3 is 1. The summed E-state index contributed by atoms with van der Waals surface area (Å²) < 4.78 is 9.51. The van der Waals surface area contributed by atoms with Crippen molar-refractivity contribution < 1.29 is 9.53 Å². The molecule has 0 N–H and O–H groups in total. The highest BCUT2D eigenvalue weighted by Gasteiger charge is 2.33. The van der Waals surface area contributed by atoms with E-state index in [-0.39, 0.29) is 5.56 Å². The van der Waals surface area contributed by atoms with Crippen LogP contribution in [0.5, 0.6) is 0 Å². The van der Waals surface area contributed by atoms with Crippen LogP contribution < -0.4 is 14.9 Å². The van der Waals surface area contributed by atoms with Gasteiger partial charge < -0.3 is 9.30 Å². The molecule has 200 valence electrons. The van der Waals surface area contributed by atoms with Crippen LogP contribution in [-0.4, -0.2) is 22.2 Å². The molecule has 8 heteroatoms. The molecule has 0 fully saturated rings. The fourth-order valence-corrected chi connectivity index (χ4v) is 6.40. The van der Waals surface area contributed by atoms with Crippen molar-refractivity contribution in [3.63, 3.8) is 0 Å². The van der Waals surface area contributed by atoms with Gasteiger partial charge in [-0.2, -0.15) is 0 Å². The molecule has 6 rings (SSSR count). The van der Waals surface area contributed by atoms with Crippen molar-refractivity contribution in [1.82, 2.24) is 9.13 Å². The van der Waals surface area contributed by atoms with Crippen molar-refractivity contribution in [3.8, 4) is 0 Å². The molecule has 3 heterocycles. The smallest absolute Gasteiger partial charge is 0.338 e. The summed E-state index contributed by atoms with van der Waals surface area (Å²) in [5.74, 6) is -0.478. The summed E-state index contributed by atoms with van der Waals surface area (Å²) in [6.45, 7) is 2.62. The molecule has 3 aromatic carbocycles. The van der Waals surface area contributed by atoms with Gasteiger partial charge in [-0.1, -0.05) is 90.5 Å². The first-order valence-corrected chi connectivity index (χ1v) is 14.2. The van der Waals surface area contributed by atoms with E-state index < -0.39 is 12.0 Å². The van der Waals surface area contributed by atoms with E-state index in [1.165, 1.54) is 18.4 Å². The minimum absolute atomic E-state index is 0.191. The SMILES string of the molecule is CCC1=C(C(=O)OC)[C@@H](c2ccccc2)n2c(s/c(=C/c3cn(Cc4ccc(Cl)cc4)c4ccccc34)c2=O)=N1. The number of ether oxygens (including phenoxy) is 1. The Morgan fingerprint density at radius 1 is 1.05 bits per heavy atom. The topological polar surface area (TPSA) is 65.6 Å². The predicted octanol–water partition coefficient (Wildman–Crippen LogP) is 5.45. The Bertz CT molecular complexity index is 1950. The number of hydrogen-bond acceptors (Lipinski definition) is 5. The second-order valence-electron chi connectivity index (χ2n) is 9.55. The zero-order chi connectivity index (χ0) is 27.8. The van der Waals surface area contributed by atoms with Crippen molar-refractivity contribution in [1.29, 1.82) is 0 Å². The molecule has 0 radical (unpaired) electrons. The summed E-state index contributed by atoms with van der Waals surface area (Å²) >= 11 is 7.42. The minimum atomic E-state index is -0.617. The zero-order valence-corrected chi connectivity index (χ0v) is 23.6. The van der Waals surface area contributed by atoms with E-state index in [1.54, 1.807) is 4.57 Å². The number of rotatable bonds is 6. The van der Waals surface area contributed by atoms with E-state index in [2.05, 4.69) is 22.9 Å². The third kappa shape index (κ3) is 4.61. The lowest BCUT2D eigenvalue weighted by Crippen LogP contribution is -2.40. The van der Waals surface area contributed by atoms with Gasteiger partial charge in [0.25, 0.3) is 5.56 Å². The standard InChI is InChI=1S/C32H26ClN3O3S/c1-3-25-28(31(38)39-2)29(21-9-5-4-6-10-21)36-30(37)27(40-32(36)34-25)17-22-19-35(26-12-8-7-11-24(22)26)18-20-13-15-23(33)16-14-20/h4-17,19,29H,3,18H2,1-2H3/b27-17+/t29-/m1/s1. The molecule has 0 amide bonds. The van der Waals surface area contributed by atoms with Gasteiger partial charge in [0.05, 0.1) is 29.0 Å². The monoisotopic (exact) mass is 567 g/mol. The fourth-order valence-electron chi connectivity index (χ4n) is 5.26. The number of nitrogens with zero attached hydrogens (tertiary/aromatic N) is 3. The molecule has 2 aromatic heterocycles. The van der Waals surface area contributed by atoms with Crippen LogP contribution in [0.2, 0.25) is 5.02 Å². The summed E-state index contributed by atoms with van der Waals surface area (Å²) in [5.41, 5.74) is 4.80. The van der Waals surface area contributed by atoms with Gasteiger partial charge >= 0.3 is 5.97 Å². The summed E-state index contributed by atoms with van der Waals surface area (Å²) in [6, 6.07) is 24.9. The van der Waals surface area contributed by atoms with Crippen molar-refractivity contribution >= 4 is 45.9 Å². The van der Waals surface area contributed by atoms with Crippen molar-refractivity contribution in [3.05, 3.63) is 138 Å². The molecular formula is C32H26ClN3O3S. The number of thiazole rings is 1. The van der Waals surface area contributed by atoms with Gasteiger partial charge in [-0.3, -0.25) is 9.36 Å². The first kappa shape index (κ1) is 26.0. The lowest BCUT2D eigenvalue weighted by atomic mass is 9.95. The highest BCUT2D eigenvalue weighted by atomic mass is 35.5. The molecule has 0 unspecified atom stereocenters. The quantitative estimate of drug-likeness (QED) is 0.256. The van der Waals surface area contributed by atoms with Gasteiger partial charge in [-0.15, -0.1) is 0 Å². The summed E-state index contributed by atoms with van der Waals surface area (Å²) in [5, 5.41) is 1.75. The number of hydrogen-bond donors (Lipinski definition) is 0. The summed E-state index contributed by atoms with van der Waals surface area (Å²) in [4.78, 5) is 32.3. The summed E-state index contributed by atoms with van der Waals surface area (Å²) in [7, 11) is 1.36. The Kier molecular flexibility index (Phi) is 7.00. The van der Waals surface area contributed by atoms with Gasteiger partial charge in [0.15, 0.2) is 4.80 Å². The molecule has 0 aliphatic carbocycles. The van der Waals surface area contributed by atoms with Crippen molar-refractivity contribution in [2.75, 3.05) is 7.11 Å². The van der Waals surface area contributed by atoms with Crippen molar-refractivity contribution in [2.24, 2.45) is 4.99 Å². The lowest BCUT2D eigenvalue weighted by Gasteiger charge is -2.25. The molecule has 1 atom stereocenters. The van der Waals surface area contributed by atoms with Crippen LogP contribution in [0.15, 0.2) is 106 Å². The number of aromatic nitrogens is 2. The third-order valence-electron chi connectivity index (χ3n) is 7.14. The number of fused-ring (bicyclic) bond motifs is 2. The average molecular weight is 568 g/mol. The number of halogens is 1. The molecule has 1 aliphatic heterocycles. The number of esters is 1. The van der Waals surface area contributed by atoms with E-state index in [9.17, 15) is 9.59 Å². The second-order valence-corrected chi connectivity index (χ2v) is 11.0. The van der Waals surface area contributed by atoms with Crippen molar-refractivity contribution in [2.45, 2.75) is 25.9 Å². The number of carbonyl (C=O) groups excluding carboxylic acids is 1. The highest BCUT2D eigenvalue weighted by molar-refractivity contribution is 7.07. The predicted molar refractivity (Wildman–Crippen MR) is 159 cm³/mol. The molecule has 6 nitrogen and oxygen atoms in total. The van der Waals surface area contributed by atoms with Crippen LogP contribution >= 0.6 is 22.9 Å². The van der Waals surface area contributed by atoms with E-state index in [4.69, 9.17) is 21.3 Å². The van der Waals surface area contributed by atoms with Crippen LogP contribution in [0, 0.1) is 0 Å². The maximum absolute atomic E-state index is 14.0. The van der Waals surface area contributed by atoms with Crippen LogP contribution in [0.3, 0.4) is 0 Å². The van der Waals surface area contributed by atoms with E-state index in [1.807, 2.05) is 79.7 Å². The van der Waals surface area contributed by atoms with Gasteiger partial charge in [0, 0.05) is 34.2 Å². The van der Waals surface area contributed by atoms with Crippen LogP contribution in [-0.2, 0) is 16.1 Å². The Morgan fingerprint density at radius 2 is 1.77 bits per heavy atom. The zero-order valence-electron chi connectivity index (χ0n) is 22.0. The largest absolute Gasteiger partial charge is 0.466 e. The van der Waals surface area contributed by atoms with E-state index in [0.29, 0.717) is 38.6 Å². The van der Waals surface area contributed by atoms with Gasteiger partial charge in [-0.25, -0.2) is 9.79 Å².